The first-order chi connectivity index (χ1) is 10.3. The third-order valence-electron chi connectivity index (χ3n) is 3.54. The number of imidazole rings is 1. The van der Waals surface area contributed by atoms with Gasteiger partial charge in [-0.15, -0.1) is 0 Å². The Morgan fingerprint density at radius 1 is 0.905 bits per heavy atom. The molecular formula is C18H18N2O. The summed E-state index contributed by atoms with van der Waals surface area (Å²) < 4.78 is 3.03. The lowest BCUT2D eigenvalue weighted by molar-refractivity contribution is -0.593. The first kappa shape index (κ1) is 13.4. The molecule has 0 N–H and O–H groups in total. The maximum absolute atomic E-state index is 12.4. The fraction of sp³-hybridized carbons (Fsp3) is 0.167. The van der Waals surface area contributed by atoms with Crippen molar-refractivity contribution in [2.75, 3.05) is 0 Å². The van der Waals surface area contributed by atoms with Crippen LogP contribution < -0.4 is 4.73 Å². The third kappa shape index (κ3) is 2.55. The molecule has 21 heavy (non-hydrogen) atoms. The molecule has 0 aliphatic heterocycles. The van der Waals surface area contributed by atoms with Crippen molar-refractivity contribution in [2.24, 2.45) is 0 Å². The molecule has 0 saturated carbocycles. The van der Waals surface area contributed by atoms with Gasteiger partial charge in [0.15, 0.2) is 11.4 Å². The smallest absolute Gasteiger partial charge is 0.247 e. The normalized spacial score (nSPS) is 10.7. The second-order valence-electron chi connectivity index (χ2n) is 5.06. The number of hydrogen-bond acceptors (Lipinski definition) is 1. The van der Waals surface area contributed by atoms with Crippen molar-refractivity contribution in [3.8, 4) is 22.5 Å². The predicted molar refractivity (Wildman–Crippen MR) is 84.6 cm³/mol. The minimum absolute atomic E-state index is 0.718. The SMILES string of the molecule is CCCn1c[n+]([O-])c(-c2ccccc2)c1-c1ccccc1. The molecule has 0 fully saturated rings. The average molecular weight is 278 g/mol. The van der Waals surface area contributed by atoms with Gasteiger partial charge in [0, 0.05) is 11.1 Å². The van der Waals surface area contributed by atoms with Crippen LogP contribution in [0.4, 0.5) is 0 Å². The quantitative estimate of drug-likeness (QED) is 0.526. The molecule has 0 aliphatic rings. The number of aryl methyl sites for hydroxylation is 1. The molecule has 0 unspecified atom stereocenters. The van der Waals surface area contributed by atoms with Crippen molar-refractivity contribution in [2.45, 2.75) is 19.9 Å². The van der Waals surface area contributed by atoms with Crippen molar-refractivity contribution in [1.82, 2.24) is 4.57 Å². The van der Waals surface area contributed by atoms with Crippen LogP contribution in [0, 0.1) is 5.21 Å². The number of rotatable bonds is 4. The second kappa shape index (κ2) is 5.83. The number of benzene rings is 2. The summed E-state index contributed by atoms with van der Waals surface area (Å²) in [6.45, 7) is 2.95. The summed E-state index contributed by atoms with van der Waals surface area (Å²) in [5, 5.41) is 12.4. The van der Waals surface area contributed by atoms with Gasteiger partial charge in [0.05, 0.1) is 6.54 Å². The third-order valence-corrected chi connectivity index (χ3v) is 3.54. The maximum atomic E-state index is 12.4. The Labute approximate surface area is 124 Å². The molecule has 0 saturated heterocycles. The Morgan fingerprint density at radius 3 is 2.05 bits per heavy atom. The van der Waals surface area contributed by atoms with Crippen LogP contribution in [0.5, 0.6) is 0 Å². The lowest BCUT2D eigenvalue weighted by Gasteiger charge is -2.06. The maximum Gasteiger partial charge on any atom is 0.247 e. The largest absolute Gasteiger partial charge is 0.710 e. The lowest BCUT2D eigenvalue weighted by Crippen LogP contribution is -2.25. The molecular weight excluding hydrogens is 260 g/mol. The van der Waals surface area contributed by atoms with Crippen molar-refractivity contribution < 1.29 is 4.73 Å². The molecule has 3 heteroatoms. The summed E-state index contributed by atoms with van der Waals surface area (Å²) in [5.41, 5.74) is 3.72. The molecule has 0 bridgehead atoms. The Hall–Kier alpha value is -2.55. The van der Waals surface area contributed by atoms with E-state index in [9.17, 15) is 5.21 Å². The molecule has 0 spiro atoms. The van der Waals surface area contributed by atoms with Crippen LogP contribution in [0.3, 0.4) is 0 Å². The predicted octanol–water partition coefficient (Wildman–Crippen LogP) is 3.87. The molecule has 3 nitrogen and oxygen atoms in total. The van der Waals surface area contributed by atoms with Gasteiger partial charge in [-0.3, -0.25) is 0 Å². The standard InChI is InChI=1S/C18H18N2O/c1-2-13-19-14-20(21)18(16-11-7-4-8-12-16)17(19)15-9-5-3-6-10-15/h3-12,14H,2,13H2,1H3. The zero-order valence-electron chi connectivity index (χ0n) is 12.1. The van der Waals surface area contributed by atoms with Crippen LogP contribution in [0.1, 0.15) is 13.3 Å². The van der Waals surface area contributed by atoms with Gasteiger partial charge in [0.1, 0.15) is 0 Å². The highest BCUT2D eigenvalue weighted by Crippen LogP contribution is 2.30. The van der Waals surface area contributed by atoms with E-state index in [2.05, 4.69) is 6.92 Å². The number of hydrogen-bond donors (Lipinski definition) is 0. The Bertz CT molecular complexity index is 718. The van der Waals surface area contributed by atoms with Gasteiger partial charge in [-0.05, 0) is 6.42 Å². The van der Waals surface area contributed by atoms with E-state index in [1.807, 2.05) is 65.2 Å². The Kier molecular flexibility index (Phi) is 3.73. The van der Waals surface area contributed by atoms with Gasteiger partial charge in [0.25, 0.3) is 0 Å². The molecule has 2 aromatic carbocycles. The van der Waals surface area contributed by atoms with Crippen molar-refractivity contribution in [1.29, 1.82) is 0 Å². The van der Waals surface area contributed by atoms with E-state index in [1.54, 1.807) is 6.33 Å². The van der Waals surface area contributed by atoms with E-state index in [0.717, 1.165) is 40.2 Å². The van der Waals surface area contributed by atoms with Gasteiger partial charge >= 0.3 is 0 Å². The molecule has 0 amide bonds. The zero-order chi connectivity index (χ0) is 14.7. The van der Waals surface area contributed by atoms with Crippen LogP contribution in [0.25, 0.3) is 22.5 Å². The molecule has 0 aliphatic carbocycles. The van der Waals surface area contributed by atoms with E-state index in [1.165, 1.54) is 0 Å². The molecule has 0 radical (unpaired) electrons. The zero-order valence-corrected chi connectivity index (χ0v) is 12.1. The first-order valence-electron chi connectivity index (χ1n) is 7.24. The minimum atomic E-state index is 0.718. The van der Waals surface area contributed by atoms with Gasteiger partial charge in [-0.2, -0.15) is 0 Å². The van der Waals surface area contributed by atoms with Gasteiger partial charge in [-0.25, -0.2) is 9.30 Å². The van der Waals surface area contributed by atoms with Crippen LogP contribution in [0.15, 0.2) is 67.0 Å². The fourth-order valence-corrected chi connectivity index (χ4v) is 2.65. The summed E-state index contributed by atoms with van der Waals surface area (Å²) in [6, 6.07) is 19.9. The first-order valence-corrected chi connectivity index (χ1v) is 7.24. The van der Waals surface area contributed by atoms with E-state index in [-0.39, 0.29) is 0 Å². The highest BCUT2D eigenvalue weighted by Gasteiger charge is 2.22. The summed E-state index contributed by atoms with van der Waals surface area (Å²) >= 11 is 0. The van der Waals surface area contributed by atoms with Gasteiger partial charge in [0.2, 0.25) is 6.33 Å². The average Bonchev–Trinajstić information content (AvgIpc) is 2.86. The molecule has 106 valence electrons. The highest BCUT2D eigenvalue weighted by molar-refractivity contribution is 5.76. The molecule has 3 aromatic rings. The van der Waals surface area contributed by atoms with Gasteiger partial charge in [-0.1, -0.05) is 67.6 Å². The molecule has 3 rings (SSSR count). The molecule has 1 aromatic heterocycles. The van der Waals surface area contributed by atoms with E-state index in [4.69, 9.17) is 0 Å². The lowest BCUT2D eigenvalue weighted by atomic mass is 10.0. The Balaban J connectivity index is 2.24. The van der Waals surface area contributed by atoms with Crippen LogP contribution in [0.2, 0.25) is 0 Å². The summed E-state index contributed by atoms with van der Waals surface area (Å²) in [4.78, 5) is 0. The fourth-order valence-electron chi connectivity index (χ4n) is 2.65. The second-order valence-corrected chi connectivity index (χ2v) is 5.06. The van der Waals surface area contributed by atoms with Crippen LogP contribution in [-0.2, 0) is 6.54 Å². The Morgan fingerprint density at radius 2 is 1.48 bits per heavy atom. The highest BCUT2D eigenvalue weighted by atomic mass is 16.5. The van der Waals surface area contributed by atoms with E-state index >= 15 is 0 Å². The van der Waals surface area contributed by atoms with Crippen molar-refractivity contribution in [3.05, 3.63) is 72.2 Å². The van der Waals surface area contributed by atoms with Crippen LogP contribution >= 0.6 is 0 Å². The summed E-state index contributed by atoms with van der Waals surface area (Å²) in [5.74, 6) is 0. The number of nitrogens with zero attached hydrogens (tertiary/aromatic N) is 2. The summed E-state index contributed by atoms with van der Waals surface area (Å²) in [6.07, 6.45) is 2.64. The molecule has 0 atom stereocenters. The number of aromatic nitrogens is 2. The van der Waals surface area contributed by atoms with Crippen molar-refractivity contribution >= 4 is 0 Å². The minimum Gasteiger partial charge on any atom is -0.710 e. The summed E-state index contributed by atoms with van der Waals surface area (Å²) in [7, 11) is 0. The molecule has 1 heterocycles. The van der Waals surface area contributed by atoms with E-state index in [0.29, 0.717) is 0 Å². The van der Waals surface area contributed by atoms with E-state index < -0.39 is 0 Å². The topological polar surface area (TPSA) is 31.9 Å². The monoisotopic (exact) mass is 278 g/mol. The van der Waals surface area contributed by atoms with Crippen LogP contribution in [-0.4, -0.2) is 4.57 Å². The van der Waals surface area contributed by atoms with Crippen molar-refractivity contribution in [3.63, 3.8) is 0 Å². The van der Waals surface area contributed by atoms with Gasteiger partial charge < -0.3 is 5.21 Å².